The van der Waals surface area contributed by atoms with Crippen LogP contribution in [0.2, 0.25) is 0 Å². The van der Waals surface area contributed by atoms with Gasteiger partial charge in [-0.15, -0.1) is 0 Å². The zero-order chi connectivity index (χ0) is 78.7. The van der Waals surface area contributed by atoms with Gasteiger partial charge in [0.15, 0.2) is 17.3 Å². The molecule has 0 radical (unpaired) electrons. The lowest BCUT2D eigenvalue weighted by molar-refractivity contribution is -0.151. The number of amides is 2. The summed E-state index contributed by atoms with van der Waals surface area (Å²) in [5, 5.41) is 5.44. The highest BCUT2D eigenvalue weighted by Gasteiger charge is 2.32. The van der Waals surface area contributed by atoms with Crippen molar-refractivity contribution in [2.75, 3.05) is 36.2 Å². The number of nitrogens with one attached hydrogen (secondary N) is 2. The number of esters is 4. The van der Waals surface area contributed by atoms with Crippen molar-refractivity contribution >= 4 is 106 Å². The summed E-state index contributed by atoms with van der Waals surface area (Å²) in [4.78, 5) is 124. The lowest BCUT2D eigenvalue weighted by atomic mass is 9.95. The van der Waals surface area contributed by atoms with Crippen LogP contribution in [0.25, 0.3) is 0 Å². The standard InChI is InChI=1S/C24H29NO4S.C22H33NO4S.C22H26O3S.C18H26O3S/c1-24(2,3)30-17-20(23(28)29-16-18-10-6-4-7-11-18)14-21(26)15-25-22(27)19-12-8-5-9-13-19;1-6-20(25)23-18(13-16-11-9-8-10-12-16)19(24)14-17(21(26)27-7-2)15-28-22(3,4)5;1-22(2,3)26-16-19(14-20(23)18-12-8-5-9-13-18)21(24)25-15-17-10-6-4-7-11-17;1-5-16(19)11-15(13-22-18(2,3)4)17(20)21-12-14-9-7-6-8-10-14/h4-13,20H,14-17H2,1-3H3,(H,25,27);8-12,17-18H,6-7,13-15H2,1-5H3,(H,23,25);4-13,19H,14-16H2,1-3H3;6-10,15H,5,11-13H2,1-4H3/t20-;17-,18-;19-;15-/m0000/s1. The summed E-state index contributed by atoms with van der Waals surface area (Å²) in [7, 11) is 0. The van der Waals surface area contributed by atoms with E-state index in [9.17, 15) is 47.9 Å². The maximum absolute atomic E-state index is 13.0. The Kier molecular flexibility index (Phi) is 42.9. The van der Waals surface area contributed by atoms with Crippen molar-refractivity contribution in [2.24, 2.45) is 23.7 Å². The third-order valence-electron chi connectivity index (χ3n) is 15.3. The van der Waals surface area contributed by atoms with Gasteiger partial charge in [-0.1, -0.05) is 267 Å². The molecule has 576 valence electrons. The average Bonchev–Trinajstić information content (AvgIpc) is 0.883. The first-order valence-electron chi connectivity index (χ1n) is 36.2. The summed E-state index contributed by atoms with van der Waals surface area (Å²) in [6.45, 7) is 31.2. The van der Waals surface area contributed by atoms with Crippen molar-refractivity contribution in [3.05, 3.63) is 215 Å². The lowest BCUT2D eigenvalue weighted by Crippen LogP contribution is -2.43. The topological polar surface area (TPSA) is 232 Å². The highest BCUT2D eigenvalue weighted by molar-refractivity contribution is 8.01. The van der Waals surface area contributed by atoms with Gasteiger partial charge in [0.05, 0.1) is 42.9 Å². The fourth-order valence-electron chi connectivity index (χ4n) is 9.42. The highest BCUT2D eigenvalue weighted by atomic mass is 32.2. The number of ether oxygens (including phenoxy) is 4. The van der Waals surface area contributed by atoms with E-state index in [0.29, 0.717) is 53.4 Å². The summed E-state index contributed by atoms with van der Waals surface area (Å²) >= 11 is 6.61. The number of benzene rings is 6. The number of rotatable bonds is 37. The summed E-state index contributed by atoms with van der Waals surface area (Å²) in [5.41, 5.74) is 4.89. The van der Waals surface area contributed by atoms with Crippen LogP contribution < -0.4 is 10.6 Å². The molecule has 0 heterocycles. The second kappa shape index (κ2) is 49.2. The van der Waals surface area contributed by atoms with Crippen molar-refractivity contribution in [3.63, 3.8) is 0 Å². The van der Waals surface area contributed by atoms with Gasteiger partial charge in [0.2, 0.25) is 5.91 Å². The molecule has 0 fully saturated rings. The number of Topliss-reactive ketones (excluding diaryl/α,β-unsaturated/α-hetero) is 4. The Morgan fingerprint density at radius 2 is 0.670 bits per heavy atom. The van der Waals surface area contributed by atoms with Crippen LogP contribution >= 0.6 is 47.0 Å². The maximum atomic E-state index is 13.0. The van der Waals surface area contributed by atoms with Crippen molar-refractivity contribution in [3.8, 4) is 0 Å². The Morgan fingerprint density at radius 3 is 1.01 bits per heavy atom. The molecule has 6 rings (SSSR count). The Hall–Kier alpha value is -7.78. The molecule has 20 heteroatoms. The van der Waals surface area contributed by atoms with Gasteiger partial charge in [0, 0.05) is 91.7 Å². The molecule has 0 unspecified atom stereocenters. The summed E-state index contributed by atoms with van der Waals surface area (Å²) in [6, 6.07) is 55.4. The van der Waals surface area contributed by atoms with E-state index in [1.807, 2.05) is 153 Å². The van der Waals surface area contributed by atoms with Crippen molar-refractivity contribution in [2.45, 2.75) is 194 Å². The Labute approximate surface area is 648 Å². The fraction of sp³-hybridized carbons (Fsp3) is 0.465. The third-order valence-corrected chi connectivity index (χ3v) is 21.0. The second-order valence-electron chi connectivity index (χ2n) is 29.2. The van der Waals surface area contributed by atoms with Crippen LogP contribution in [0.4, 0.5) is 0 Å². The van der Waals surface area contributed by atoms with E-state index in [2.05, 4.69) is 93.7 Å². The second-order valence-corrected chi connectivity index (χ2v) is 36.6. The number of thioether (sulfide) groups is 4. The van der Waals surface area contributed by atoms with Crippen LogP contribution in [0, 0.1) is 23.7 Å². The van der Waals surface area contributed by atoms with Gasteiger partial charge in [-0.2, -0.15) is 47.0 Å². The van der Waals surface area contributed by atoms with E-state index >= 15 is 0 Å². The minimum atomic E-state index is -0.647. The van der Waals surface area contributed by atoms with Crippen molar-refractivity contribution < 1.29 is 66.9 Å². The van der Waals surface area contributed by atoms with E-state index in [1.165, 1.54) is 0 Å². The molecule has 16 nitrogen and oxygen atoms in total. The van der Waals surface area contributed by atoms with E-state index in [-0.39, 0.29) is 136 Å². The Balaban J connectivity index is 0.000000369. The van der Waals surface area contributed by atoms with Crippen LogP contribution in [-0.2, 0) is 83.5 Å². The van der Waals surface area contributed by atoms with Crippen LogP contribution in [0.15, 0.2) is 182 Å². The molecular formula is C86H114N2O14S4. The summed E-state index contributed by atoms with van der Waals surface area (Å²) in [5.74, 6) is -1.79. The third kappa shape index (κ3) is 42.5. The lowest BCUT2D eigenvalue weighted by Gasteiger charge is -2.23. The Bertz CT molecular complexity index is 3600. The van der Waals surface area contributed by atoms with Gasteiger partial charge in [0.1, 0.15) is 25.6 Å². The quantitative estimate of drug-likeness (QED) is 0.0210. The maximum Gasteiger partial charge on any atom is 0.310 e. The first kappa shape index (κ1) is 92.4. The predicted octanol–water partition coefficient (Wildman–Crippen LogP) is 17.5. The summed E-state index contributed by atoms with van der Waals surface area (Å²) < 4.78 is 21.5. The minimum Gasteiger partial charge on any atom is -0.466 e. The molecule has 0 spiro atoms. The number of hydrogen-bond acceptors (Lipinski definition) is 18. The van der Waals surface area contributed by atoms with Gasteiger partial charge in [0.25, 0.3) is 5.91 Å². The highest BCUT2D eigenvalue weighted by Crippen LogP contribution is 2.32. The predicted molar refractivity (Wildman–Crippen MR) is 434 cm³/mol. The first-order chi connectivity index (χ1) is 50.1. The SMILES string of the molecule is CC(C)(C)SC[C@H](CC(=O)CNC(=O)c1ccccc1)C(=O)OCc1ccccc1.CC(C)(C)SC[C@H](CC(=O)c1ccccc1)C(=O)OCc1ccccc1.CCC(=O)C[C@@H](CSC(C)(C)C)C(=O)OCc1ccccc1.CCOC(=O)[C@H](CSC(C)(C)C)CC(=O)[C@H](Cc1ccccc1)NC(=O)CC. The molecule has 0 aromatic heterocycles. The minimum absolute atomic E-state index is 0.0202. The molecule has 6 aromatic rings. The number of carbonyl (C=O) groups excluding carboxylic acids is 10. The molecule has 0 aliphatic carbocycles. The Morgan fingerprint density at radius 1 is 0.358 bits per heavy atom. The summed E-state index contributed by atoms with van der Waals surface area (Å²) in [6.07, 6.45) is 1.71. The zero-order valence-corrected chi connectivity index (χ0v) is 68.1. The molecule has 0 saturated carbocycles. The normalized spacial score (nSPS) is 12.7. The molecule has 2 amide bonds. The number of ketones is 4. The zero-order valence-electron chi connectivity index (χ0n) is 64.9. The van der Waals surface area contributed by atoms with Crippen LogP contribution in [0.1, 0.15) is 185 Å². The molecule has 106 heavy (non-hydrogen) atoms. The van der Waals surface area contributed by atoms with E-state index in [4.69, 9.17) is 18.9 Å². The van der Waals surface area contributed by atoms with Crippen LogP contribution in [0.5, 0.6) is 0 Å². The van der Waals surface area contributed by atoms with Crippen molar-refractivity contribution in [1.82, 2.24) is 10.6 Å². The molecule has 6 aromatic carbocycles. The smallest absolute Gasteiger partial charge is 0.310 e. The van der Waals surface area contributed by atoms with Crippen LogP contribution in [0.3, 0.4) is 0 Å². The molecule has 0 aliphatic heterocycles. The molecule has 0 aliphatic rings. The molecular weight excluding hydrogens is 1410 g/mol. The fourth-order valence-corrected chi connectivity index (χ4v) is 13.2. The molecule has 2 N–H and O–H groups in total. The van der Waals surface area contributed by atoms with Crippen LogP contribution in [-0.4, -0.2) is 120 Å². The monoisotopic (exact) mass is 1530 g/mol. The molecule has 0 bridgehead atoms. The first-order valence-corrected chi connectivity index (χ1v) is 40.2. The average molecular weight is 1530 g/mol. The molecule has 5 atom stereocenters. The van der Waals surface area contributed by atoms with Gasteiger partial charge >= 0.3 is 23.9 Å². The van der Waals surface area contributed by atoms with Crippen molar-refractivity contribution in [1.29, 1.82) is 0 Å². The number of carbonyl (C=O) groups is 10. The largest absolute Gasteiger partial charge is 0.466 e. The van der Waals surface area contributed by atoms with E-state index in [0.717, 1.165) is 22.3 Å². The number of hydrogen-bond donors (Lipinski definition) is 2. The van der Waals surface area contributed by atoms with Gasteiger partial charge in [-0.25, -0.2) is 0 Å². The molecule has 0 saturated heterocycles. The van der Waals surface area contributed by atoms with E-state index in [1.54, 1.807) is 97.3 Å². The van der Waals surface area contributed by atoms with Gasteiger partial charge in [-0.05, 0) is 47.7 Å². The van der Waals surface area contributed by atoms with Gasteiger partial charge in [-0.3, -0.25) is 47.9 Å². The van der Waals surface area contributed by atoms with Gasteiger partial charge < -0.3 is 29.6 Å². The van der Waals surface area contributed by atoms with E-state index < -0.39 is 29.8 Å².